The van der Waals surface area contributed by atoms with Crippen LogP contribution in [0.15, 0.2) is 29.5 Å². The van der Waals surface area contributed by atoms with E-state index in [1.807, 2.05) is 0 Å². The summed E-state index contributed by atoms with van der Waals surface area (Å²) in [5.74, 6) is 0. The van der Waals surface area contributed by atoms with E-state index in [0.717, 1.165) is 44.9 Å². The summed E-state index contributed by atoms with van der Waals surface area (Å²) in [7, 11) is 0. The van der Waals surface area contributed by atoms with E-state index in [1.165, 1.54) is 5.70 Å². The number of hydrogen-bond acceptors (Lipinski definition) is 5. The van der Waals surface area contributed by atoms with Crippen LogP contribution >= 0.6 is 0 Å². The maximum atomic E-state index is 5.43. The van der Waals surface area contributed by atoms with E-state index < -0.39 is 0 Å². The Morgan fingerprint density at radius 1 is 1.15 bits per heavy atom. The van der Waals surface area contributed by atoms with Gasteiger partial charge in [-0.1, -0.05) is 13.8 Å². The monoisotopic (exact) mass is 275 g/mol. The van der Waals surface area contributed by atoms with Crippen LogP contribution in [-0.4, -0.2) is 51.8 Å². The van der Waals surface area contributed by atoms with Crippen LogP contribution in [0.5, 0.6) is 0 Å². The van der Waals surface area contributed by atoms with Crippen molar-refractivity contribution in [3.63, 3.8) is 0 Å². The molecule has 1 saturated heterocycles. The summed E-state index contributed by atoms with van der Waals surface area (Å²) >= 11 is 0. The van der Waals surface area contributed by atoms with Crippen molar-refractivity contribution >= 4 is 5.71 Å². The molecular weight excluding hydrogens is 254 g/mol. The minimum absolute atomic E-state index is 0.231. The zero-order valence-electron chi connectivity index (χ0n) is 12.1. The Bertz CT molecular complexity index is 512. The van der Waals surface area contributed by atoms with Crippen molar-refractivity contribution in [1.29, 1.82) is 0 Å². The molecular formula is C14H21N5O. The SMILES string of the molecule is CC1(C)CC(N2CCOCC2)=C/C(=N\n2cnnc2)C1. The lowest BCUT2D eigenvalue weighted by atomic mass is 9.78. The van der Waals surface area contributed by atoms with E-state index in [1.54, 1.807) is 17.3 Å². The Labute approximate surface area is 119 Å². The van der Waals surface area contributed by atoms with Gasteiger partial charge >= 0.3 is 0 Å². The molecule has 0 radical (unpaired) electrons. The smallest absolute Gasteiger partial charge is 0.141 e. The molecule has 0 spiro atoms. The highest BCUT2D eigenvalue weighted by Gasteiger charge is 2.29. The van der Waals surface area contributed by atoms with Gasteiger partial charge in [-0.25, -0.2) is 4.68 Å². The van der Waals surface area contributed by atoms with Gasteiger partial charge in [-0.3, -0.25) is 0 Å². The average molecular weight is 275 g/mol. The Balaban J connectivity index is 1.86. The fourth-order valence-corrected chi connectivity index (χ4v) is 2.85. The Morgan fingerprint density at radius 2 is 1.85 bits per heavy atom. The summed E-state index contributed by atoms with van der Waals surface area (Å²) in [6, 6.07) is 0. The summed E-state index contributed by atoms with van der Waals surface area (Å²) in [6.45, 7) is 8.17. The zero-order chi connectivity index (χ0) is 14.0. The van der Waals surface area contributed by atoms with E-state index in [4.69, 9.17) is 4.74 Å². The van der Waals surface area contributed by atoms with E-state index in [0.29, 0.717) is 0 Å². The van der Waals surface area contributed by atoms with Crippen molar-refractivity contribution in [3.05, 3.63) is 24.4 Å². The van der Waals surface area contributed by atoms with Gasteiger partial charge < -0.3 is 9.64 Å². The molecule has 3 rings (SSSR count). The predicted octanol–water partition coefficient (Wildman–Crippen LogP) is 1.52. The van der Waals surface area contributed by atoms with Crippen molar-refractivity contribution in [2.45, 2.75) is 26.7 Å². The molecule has 6 nitrogen and oxygen atoms in total. The van der Waals surface area contributed by atoms with Gasteiger partial charge in [0.15, 0.2) is 0 Å². The fourth-order valence-electron chi connectivity index (χ4n) is 2.85. The molecule has 20 heavy (non-hydrogen) atoms. The lowest BCUT2D eigenvalue weighted by molar-refractivity contribution is 0.0491. The van der Waals surface area contributed by atoms with Gasteiger partial charge in [0.1, 0.15) is 12.7 Å². The molecule has 1 aromatic rings. The van der Waals surface area contributed by atoms with Crippen LogP contribution in [0, 0.1) is 5.41 Å². The lowest BCUT2D eigenvalue weighted by Crippen LogP contribution is -2.39. The second-order valence-corrected chi connectivity index (χ2v) is 6.19. The van der Waals surface area contributed by atoms with Gasteiger partial charge in [-0.05, 0) is 24.3 Å². The van der Waals surface area contributed by atoms with Crippen LogP contribution in [-0.2, 0) is 4.74 Å². The summed E-state index contributed by atoms with van der Waals surface area (Å²) < 4.78 is 7.11. The van der Waals surface area contributed by atoms with Gasteiger partial charge in [-0.15, -0.1) is 10.2 Å². The van der Waals surface area contributed by atoms with Gasteiger partial charge in [-0.2, -0.15) is 5.10 Å². The third kappa shape index (κ3) is 3.07. The molecule has 6 heteroatoms. The molecule has 1 aliphatic carbocycles. The van der Waals surface area contributed by atoms with E-state index in [2.05, 4.69) is 40.1 Å². The molecule has 0 aromatic carbocycles. The molecule has 0 atom stereocenters. The minimum Gasteiger partial charge on any atom is -0.378 e. The largest absolute Gasteiger partial charge is 0.378 e. The Kier molecular flexibility index (Phi) is 3.56. The van der Waals surface area contributed by atoms with Crippen molar-refractivity contribution < 1.29 is 4.74 Å². The first kappa shape index (κ1) is 13.3. The molecule has 0 N–H and O–H groups in total. The number of hydrogen-bond donors (Lipinski definition) is 0. The highest BCUT2D eigenvalue weighted by molar-refractivity contribution is 5.96. The first-order chi connectivity index (χ1) is 9.62. The van der Waals surface area contributed by atoms with Crippen molar-refractivity contribution in [2.75, 3.05) is 26.3 Å². The third-order valence-corrected chi connectivity index (χ3v) is 3.72. The normalized spacial score (nSPS) is 24.8. The maximum absolute atomic E-state index is 5.43. The van der Waals surface area contributed by atoms with Crippen LogP contribution in [0.2, 0.25) is 0 Å². The third-order valence-electron chi connectivity index (χ3n) is 3.72. The molecule has 1 aliphatic heterocycles. The highest BCUT2D eigenvalue weighted by atomic mass is 16.5. The van der Waals surface area contributed by atoms with Crippen LogP contribution in [0.3, 0.4) is 0 Å². The fraction of sp³-hybridized carbons (Fsp3) is 0.643. The van der Waals surface area contributed by atoms with Crippen LogP contribution in [0.1, 0.15) is 26.7 Å². The second kappa shape index (κ2) is 5.36. The van der Waals surface area contributed by atoms with Crippen molar-refractivity contribution in [3.8, 4) is 0 Å². The van der Waals surface area contributed by atoms with Crippen molar-refractivity contribution in [2.24, 2.45) is 10.5 Å². The molecule has 0 unspecified atom stereocenters. The Hall–Kier alpha value is -1.69. The van der Waals surface area contributed by atoms with E-state index in [9.17, 15) is 0 Å². The molecule has 108 valence electrons. The van der Waals surface area contributed by atoms with Crippen LogP contribution in [0.4, 0.5) is 0 Å². The molecule has 0 bridgehead atoms. The molecule has 2 aliphatic rings. The number of rotatable bonds is 2. The molecule has 1 aromatic heterocycles. The second-order valence-electron chi connectivity index (χ2n) is 6.19. The first-order valence-corrected chi connectivity index (χ1v) is 7.08. The molecule has 0 amide bonds. The number of ether oxygens (including phenoxy) is 1. The molecule has 1 fully saturated rings. The number of nitrogens with zero attached hydrogens (tertiary/aromatic N) is 5. The zero-order valence-corrected chi connectivity index (χ0v) is 12.1. The number of allylic oxidation sites excluding steroid dienone is 2. The summed E-state index contributed by atoms with van der Waals surface area (Å²) in [5, 5.41) is 12.2. The van der Waals surface area contributed by atoms with Crippen molar-refractivity contribution in [1.82, 2.24) is 19.8 Å². The van der Waals surface area contributed by atoms with Gasteiger partial charge in [0, 0.05) is 18.8 Å². The Morgan fingerprint density at radius 3 is 2.55 bits per heavy atom. The number of aromatic nitrogens is 3. The van der Waals surface area contributed by atoms with Gasteiger partial charge in [0.05, 0.1) is 18.9 Å². The molecule has 0 saturated carbocycles. The van der Waals surface area contributed by atoms with Crippen LogP contribution < -0.4 is 0 Å². The maximum Gasteiger partial charge on any atom is 0.141 e. The summed E-state index contributed by atoms with van der Waals surface area (Å²) in [5.41, 5.74) is 2.69. The highest BCUT2D eigenvalue weighted by Crippen LogP contribution is 2.35. The summed E-state index contributed by atoms with van der Waals surface area (Å²) in [4.78, 5) is 2.42. The topological polar surface area (TPSA) is 55.5 Å². The minimum atomic E-state index is 0.231. The van der Waals surface area contributed by atoms with E-state index >= 15 is 0 Å². The average Bonchev–Trinajstić information content (AvgIpc) is 2.91. The first-order valence-electron chi connectivity index (χ1n) is 7.08. The molecule has 2 heterocycles. The van der Waals surface area contributed by atoms with Gasteiger partial charge in [0.2, 0.25) is 0 Å². The standard InChI is InChI=1S/C14H21N5O/c1-14(2)8-12(17-19-10-15-16-11-19)7-13(9-14)18-3-5-20-6-4-18/h7,10-11H,3-6,8-9H2,1-2H3/b17-12+. The van der Waals surface area contributed by atoms with Crippen LogP contribution in [0.25, 0.3) is 0 Å². The summed E-state index contributed by atoms with van der Waals surface area (Å²) in [6.07, 6.45) is 7.53. The lowest BCUT2D eigenvalue weighted by Gasteiger charge is -2.38. The van der Waals surface area contributed by atoms with Gasteiger partial charge in [0.25, 0.3) is 0 Å². The quantitative estimate of drug-likeness (QED) is 0.821. The van der Waals surface area contributed by atoms with E-state index in [-0.39, 0.29) is 5.41 Å². The number of morpholine rings is 1. The predicted molar refractivity (Wildman–Crippen MR) is 76.3 cm³/mol.